The van der Waals surface area contributed by atoms with Crippen molar-refractivity contribution in [2.45, 2.75) is 26.2 Å². The molecule has 13 heteroatoms. The molecule has 0 aliphatic carbocycles. The number of anilines is 3. The molecule has 7 rings (SSSR count). The number of hydrogen-bond donors (Lipinski definition) is 2. The number of fused-ring (bicyclic) bond motifs is 2. The Kier molecular flexibility index (Phi) is 12.7. The predicted molar refractivity (Wildman–Crippen MR) is 221 cm³/mol. The standard InChI is InChI=1S/C24H29N5OS.C16H13N3O2S/c1-3-4-7-18-10-12-19(13-11-18)28-14-16-29(17-15-28)24(31)27-22-23(30-2)26-21-9-6-5-8-20(21)25-22;1-20-15-14(17-12-9-5-6-10-13(12)18-15)19-16(22)21-11-7-3-2-4-8-11/h5-6,8-13H,3-4,7,14-17H2,1-2H3,(H,25,27,31);2-10H,1H3,(H,17,19,22). The van der Waals surface area contributed by atoms with Crippen LogP contribution in [0.25, 0.3) is 22.1 Å². The first-order valence-corrected chi connectivity index (χ1v) is 18.3. The first-order valence-electron chi connectivity index (χ1n) is 17.5. The minimum Gasteiger partial charge on any atom is -0.478 e. The molecule has 1 saturated heterocycles. The van der Waals surface area contributed by atoms with Crippen molar-refractivity contribution >= 4 is 74.1 Å². The molecule has 0 unspecified atom stereocenters. The number of methoxy groups -OCH3 is 2. The van der Waals surface area contributed by atoms with E-state index in [1.165, 1.54) is 31.2 Å². The minimum absolute atomic E-state index is 0.175. The van der Waals surface area contributed by atoms with Gasteiger partial charge in [0.2, 0.25) is 0 Å². The second kappa shape index (κ2) is 18.2. The summed E-state index contributed by atoms with van der Waals surface area (Å²) in [5.41, 5.74) is 5.79. The van der Waals surface area contributed by atoms with Crippen LogP contribution in [0.3, 0.4) is 0 Å². The Bertz CT molecular complexity index is 2150. The fourth-order valence-corrected chi connectivity index (χ4v) is 6.21. The quantitative estimate of drug-likeness (QED) is 0.140. The number of benzene rings is 4. The van der Waals surface area contributed by atoms with Gasteiger partial charge in [0.05, 0.1) is 36.3 Å². The number of hydrogen-bond acceptors (Lipinski definition) is 10. The molecule has 0 atom stereocenters. The predicted octanol–water partition coefficient (Wildman–Crippen LogP) is 7.91. The summed E-state index contributed by atoms with van der Waals surface area (Å²) in [6.45, 7) is 5.79. The highest BCUT2D eigenvalue weighted by Crippen LogP contribution is 2.25. The van der Waals surface area contributed by atoms with Gasteiger partial charge in [0, 0.05) is 31.9 Å². The smallest absolute Gasteiger partial charge is 0.268 e. The third-order valence-corrected chi connectivity index (χ3v) is 9.10. The molecule has 11 nitrogen and oxygen atoms in total. The molecule has 1 fully saturated rings. The first-order chi connectivity index (χ1) is 25.9. The third-order valence-electron chi connectivity index (χ3n) is 8.55. The maximum absolute atomic E-state index is 5.67. The summed E-state index contributed by atoms with van der Waals surface area (Å²) >= 11 is 10.9. The molecule has 0 amide bonds. The maximum atomic E-state index is 5.67. The number of ether oxygens (including phenoxy) is 3. The molecule has 2 aromatic heterocycles. The number of aromatic nitrogens is 4. The normalized spacial score (nSPS) is 12.4. The van der Waals surface area contributed by atoms with Crippen LogP contribution < -0.4 is 29.7 Å². The summed E-state index contributed by atoms with van der Waals surface area (Å²) in [5.74, 6) is 2.42. The molecular formula is C40H42N8O3S2. The maximum Gasteiger partial charge on any atom is 0.268 e. The SMILES string of the molecule is CCCCc1ccc(N2CCN(C(=S)Nc3nc4ccccc4nc3OC)CC2)cc1.COc1nc2ccccc2nc1NC(=S)Oc1ccccc1. The minimum atomic E-state index is 0.175. The second-order valence-corrected chi connectivity index (χ2v) is 12.9. The molecule has 1 aliphatic heterocycles. The van der Waals surface area contributed by atoms with Gasteiger partial charge in [0.15, 0.2) is 16.7 Å². The Balaban J connectivity index is 0.000000192. The number of thiocarbonyl (C=S) groups is 2. The summed E-state index contributed by atoms with van der Waals surface area (Å²) in [5, 5.41) is 6.98. The van der Waals surface area contributed by atoms with Gasteiger partial charge in [-0.1, -0.05) is 67.9 Å². The molecule has 0 radical (unpaired) electrons. The van der Waals surface area contributed by atoms with Crippen molar-refractivity contribution in [3.05, 3.63) is 109 Å². The van der Waals surface area contributed by atoms with Crippen LogP contribution in [0, 0.1) is 0 Å². The third kappa shape index (κ3) is 9.82. The number of nitrogens with one attached hydrogen (secondary N) is 2. The van der Waals surface area contributed by atoms with Crippen LogP contribution in [0.5, 0.6) is 17.5 Å². The lowest BCUT2D eigenvalue weighted by atomic mass is 10.1. The largest absolute Gasteiger partial charge is 0.478 e. The average molecular weight is 747 g/mol. The summed E-state index contributed by atoms with van der Waals surface area (Å²) in [4.78, 5) is 22.6. The number of piperazine rings is 1. The van der Waals surface area contributed by atoms with Crippen LogP contribution >= 0.6 is 24.4 Å². The van der Waals surface area contributed by atoms with E-state index < -0.39 is 0 Å². The molecule has 3 heterocycles. The Hall–Kier alpha value is -5.66. The Labute approximate surface area is 320 Å². The Morgan fingerprint density at radius 1 is 0.642 bits per heavy atom. The van der Waals surface area contributed by atoms with Gasteiger partial charge >= 0.3 is 0 Å². The lowest BCUT2D eigenvalue weighted by Gasteiger charge is -2.37. The molecule has 6 aromatic rings. The first kappa shape index (κ1) is 37.1. The zero-order valence-electron chi connectivity index (χ0n) is 30.0. The van der Waals surface area contributed by atoms with Gasteiger partial charge in [0.25, 0.3) is 16.9 Å². The molecule has 4 aromatic carbocycles. The number of aryl methyl sites for hydroxylation is 1. The molecule has 0 bridgehead atoms. The van der Waals surface area contributed by atoms with Crippen molar-refractivity contribution in [2.75, 3.05) is 55.9 Å². The van der Waals surface area contributed by atoms with Gasteiger partial charge in [0.1, 0.15) is 5.75 Å². The van der Waals surface area contributed by atoms with Gasteiger partial charge in [-0.25, -0.2) is 19.9 Å². The molecule has 53 heavy (non-hydrogen) atoms. The van der Waals surface area contributed by atoms with E-state index in [1.54, 1.807) is 7.11 Å². The summed E-state index contributed by atoms with van der Waals surface area (Å²) in [7, 11) is 3.13. The molecule has 2 N–H and O–H groups in total. The molecule has 1 aliphatic rings. The molecule has 272 valence electrons. The van der Waals surface area contributed by atoms with E-state index in [1.807, 2.05) is 78.9 Å². The van der Waals surface area contributed by atoms with Crippen LogP contribution in [-0.4, -0.2) is 75.5 Å². The number of rotatable bonds is 9. The zero-order chi connectivity index (χ0) is 37.0. The van der Waals surface area contributed by atoms with Crippen LogP contribution in [0.15, 0.2) is 103 Å². The second-order valence-electron chi connectivity index (χ2n) is 12.1. The molecule has 0 saturated carbocycles. The van der Waals surface area contributed by atoms with Crippen LogP contribution in [0.1, 0.15) is 25.3 Å². The van der Waals surface area contributed by atoms with E-state index in [4.69, 9.17) is 38.6 Å². The number of unbranched alkanes of at least 4 members (excludes halogenated alkanes) is 1. The van der Waals surface area contributed by atoms with Crippen molar-refractivity contribution in [3.63, 3.8) is 0 Å². The van der Waals surface area contributed by atoms with Gasteiger partial charge < -0.3 is 29.3 Å². The van der Waals surface area contributed by atoms with E-state index in [2.05, 4.69) is 71.6 Å². The fraction of sp³-hybridized carbons (Fsp3) is 0.250. The monoisotopic (exact) mass is 746 g/mol. The fourth-order valence-electron chi connectivity index (χ4n) is 5.74. The Morgan fingerprint density at radius 2 is 1.15 bits per heavy atom. The van der Waals surface area contributed by atoms with Crippen LogP contribution in [-0.2, 0) is 6.42 Å². The van der Waals surface area contributed by atoms with E-state index in [0.717, 1.165) is 54.7 Å². The molecule has 0 spiro atoms. The molecular weight excluding hydrogens is 705 g/mol. The van der Waals surface area contributed by atoms with Gasteiger partial charge in [-0.15, -0.1) is 0 Å². The van der Waals surface area contributed by atoms with Crippen molar-refractivity contribution in [3.8, 4) is 17.5 Å². The number of para-hydroxylation sites is 5. The highest BCUT2D eigenvalue weighted by molar-refractivity contribution is 7.80. The lowest BCUT2D eigenvalue weighted by molar-refractivity contribution is 0.388. The number of nitrogens with zero attached hydrogens (tertiary/aromatic N) is 6. The summed E-state index contributed by atoms with van der Waals surface area (Å²) < 4.78 is 16.2. The Morgan fingerprint density at radius 3 is 1.68 bits per heavy atom. The van der Waals surface area contributed by atoms with E-state index >= 15 is 0 Å². The average Bonchev–Trinajstić information content (AvgIpc) is 3.20. The highest BCUT2D eigenvalue weighted by atomic mass is 32.1. The van der Waals surface area contributed by atoms with Crippen molar-refractivity contribution < 1.29 is 14.2 Å². The van der Waals surface area contributed by atoms with Crippen LogP contribution in [0.2, 0.25) is 0 Å². The van der Waals surface area contributed by atoms with E-state index in [-0.39, 0.29) is 5.17 Å². The van der Waals surface area contributed by atoms with Crippen molar-refractivity contribution in [2.24, 2.45) is 0 Å². The highest BCUT2D eigenvalue weighted by Gasteiger charge is 2.21. The topological polar surface area (TPSA) is 110 Å². The van der Waals surface area contributed by atoms with Crippen LogP contribution in [0.4, 0.5) is 17.3 Å². The van der Waals surface area contributed by atoms with E-state index in [0.29, 0.717) is 34.3 Å². The van der Waals surface area contributed by atoms with Gasteiger partial charge in [-0.3, -0.25) is 5.32 Å². The lowest BCUT2D eigenvalue weighted by Crippen LogP contribution is -2.50. The zero-order valence-corrected chi connectivity index (χ0v) is 31.6. The van der Waals surface area contributed by atoms with Crippen molar-refractivity contribution in [1.82, 2.24) is 24.8 Å². The van der Waals surface area contributed by atoms with Gasteiger partial charge in [-0.05, 0) is 91.4 Å². The van der Waals surface area contributed by atoms with Crippen molar-refractivity contribution in [1.29, 1.82) is 0 Å². The van der Waals surface area contributed by atoms with Gasteiger partial charge in [-0.2, -0.15) is 0 Å². The summed E-state index contributed by atoms with van der Waals surface area (Å²) in [6, 6.07) is 33.5. The van der Waals surface area contributed by atoms with E-state index in [9.17, 15) is 0 Å². The summed E-state index contributed by atoms with van der Waals surface area (Å²) in [6.07, 6.45) is 3.63.